The second-order valence-corrected chi connectivity index (χ2v) is 8.48. The lowest BCUT2D eigenvalue weighted by atomic mass is 9.98. The van der Waals surface area contributed by atoms with Gasteiger partial charge in [0.15, 0.2) is 17.3 Å². The van der Waals surface area contributed by atoms with E-state index in [1.165, 1.54) is 23.4 Å². The van der Waals surface area contributed by atoms with Gasteiger partial charge in [-0.15, -0.1) is 0 Å². The highest BCUT2D eigenvalue weighted by atomic mass is 32.2. The van der Waals surface area contributed by atoms with Crippen molar-refractivity contribution >= 4 is 15.8 Å². The van der Waals surface area contributed by atoms with E-state index in [2.05, 4.69) is 0 Å². The molecule has 2 aliphatic rings. The Bertz CT molecular complexity index is 970. The van der Waals surface area contributed by atoms with Gasteiger partial charge in [-0.3, -0.25) is 4.79 Å². The van der Waals surface area contributed by atoms with Crippen molar-refractivity contribution in [3.8, 4) is 11.5 Å². The molecule has 1 atom stereocenters. The Morgan fingerprint density at radius 2 is 1.92 bits per heavy atom. The maximum Gasteiger partial charge on any atom is 0.243 e. The fourth-order valence-electron chi connectivity index (χ4n) is 3.41. The van der Waals surface area contributed by atoms with Gasteiger partial charge in [0, 0.05) is 18.7 Å². The van der Waals surface area contributed by atoms with Gasteiger partial charge >= 0.3 is 0 Å². The Kier molecular flexibility index (Phi) is 4.20. The lowest BCUT2D eigenvalue weighted by molar-refractivity contribution is 0.101. The van der Waals surface area contributed by atoms with E-state index in [1.54, 1.807) is 12.1 Å². The van der Waals surface area contributed by atoms with Crippen molar-refractivity contribution in [3.05, 3.63) is 53.6 Å². The molecule has 0 bridgehead atoms. The Balaban J connectivity index is 1.56. The van der Waals surface area contributed by atoms with Crippen LogP contribution in [0.4, 0.5) is 0 Å². The highest BCUT2D eigenvalue weighted by Crippen LogP contribution is 2.38. The molecule has 2 aliphatic heterocycles. The fourth-order valence-corrected chi connectivity index (χ4v) is 4.96. The molecule has 7 heteroatoms. The SMILES string of the molecule is CC(=O)c1cccc(S(=O)(=O)N2CCC(c3ccc4c(c3)OCO4)C2)c1. The number of ether oxygens (including phenoxy) is 2. The van der Waals surface area contributed by atoms with Crippen LogP contribution in [0.2, 0.25) is 0 Å². The van der Waals surface area contributed by atoms with Crippen LogP contribution in [0.1, 0.15) is 35.2 Å². The van der Waals surface area contributed by atoms with Gasteiger partial charge in [-0.25, -0.2) is 8.42 Å². The van der Waals surface area contributed by atoms with Crippen LogP contribution in [0.5, 0.6) is 11.5 Å². The zero-order valence-electron chi connectivity index (χ0n) is 14.3. The van der Waals surface area contributed by atoms with Crippen molar-refractivity contribution in [2.45, 2.75) is 24.2 Å². The number of hydrogen-bond donors (Lipinski definition) is 0. The minimum absolute atomic E-state index is 0.107. The van der Waals surface area contributed by atoms with E-state index >= 15 is 0 Å². The van der Waals surface area contributed by atoms with Gasteiger partial charge in [-0.2, -0.15) is 4.31 Å². The number of sulfonamides is 1. The van der Waals surface area contributed by atoms with Crippen molar-refractivity contribution in [3.63, 3.8) is 0 Å². The van der Waals surface area contributed by atoms with Gasteiger partial charge in [0.05, 0.1) is 4.90 Å². The van der Waals surface area contributed by atoms with E-state index in [-0.39, 0.29) is 23.4 Å². The average Bonchev–Trinajstić information content (AvgIpc) is 3.30. The summed E-state index contributed by atoms with van der Waals surface area (Å²) in [6.07, 6.45) is 0.741. The van der Waals surface area contributed by atoms with Crippen LogP contribution in [0, 0.1) is 0 Å². The molecule has 2 aromatic rings. The Labute approximate surface area is 152 Å². The summed E-state index contributed by atoms with van der Waals surface area (Å²) in [5.41, 5.74) is 1.45. The van der Waals surface area contributed by atoms with Gasteiger partial charge in [-0.05, 0) is 49.1 Å². The number of hydrogen-bond acceptors (Lipinski definition) is 5. The number of rotatable bonds is 4. The van der Waals surface area contributed by atoms with E-state index in [0.717, 1.165) is 17.7 Å². The molecular formula is C19H19NO5S. The summed E-state index contributed by atoms with van der Waals surface area (Å²) >= 11 is 0. The molecular weight excluding hydrogens is 354 g/mol. The molecule has 4 rings (SSSR count). The monoisotopic (exact) mass is 373 g/mol. The van der Waals surface area contributed by atoms with Crippen molar-refractivity contribution < 1.29 is 22.7 Å². The lowest BCUT2D eigenvalue weighted by Crippen LogP contribution is -2.28. The fraction of sp³-hybridized carbons (Fsp3) is 0.316. The van der Waals surface area contributed by atoms with Gasteiger partial charge in [0.25, 0.3) is 0 Å². The van der Waals surface area contributed by atoms with Crippen LogP contribution >= 0.6 is 0 Å². The summed E-state index contributed by atoms with van der Waals surface area (Å²) in [5.74, 6) is 1.38. The topological polar surface area (TPSA) is 72.9 Å². The van der Waals surface area contributed by atoms with Crippen molar-refractivity contribution in [1.29, 1.82) is 0 Å². The molecule has 26 heavy (non-hydrogen) atoms. The number of ketones is 1. The molecule has 1 unspecified atom stereocenters. The Morgan fingerprint density at radius 1 is 1.12 bits per heavy atom. The normalized spacial score (nSPS) is 19.7. The van der Waals surface area contributed by atoms with E-state index in [0.29, 0.717) is 24.4 Å². The quantitative estimate of drug-likeness (QED) is 0.771. The first-order valence-corrected chi connectivity index (χ1v) is 9.90. The first-order chi connectivity index (χ1) is 12.4. The van der Waals surface area contributed by atoms with Gasteiger partial charge in [0.1, 0.15) is 0 Å². The molecule has 0 spiro atoms. The van der Waals surface area contributed by atoms with Crippen LogP contribution < -0.4 is 9.47 Å². The average molecular weight is 373 g/mol. The molecule has 136 valence electrons. The number of fused-ring (bicyclic) bond motifs is 1. The zero-order chi connectivity index (χ0) is 18.3. The van der Waals surface area contributed by atoms with Crippen LogP contribution in [0.25, 0.3) is 0 Å². The van der Waals surface area contributed by atoms with Crippen LogP contribution in [0.3, 0.4) is 0 Å². The van der Waals surface area contributed by atoms with Crippen molar-refractivity contribution in [1.82, 2.24) is 4.31 Å². The van der Waals surface area contributed by atoms with Crippen LogP contribution in [-0.4, -0.2) is 38.4 Å². The number of carbonyl (C=O) groups excluding carboxylic acids is 1. The summed E-state index contributed by atoms with van der Waals surface area (Å²) in [4.78, 5) is 11.7. The summed E-state index contributed by atoms with van der Waals surface area (Å²) < 4.78 is 38.1. The Hall–Kier alpha value is -2.38. The molecule has 2 heterocycles. The largest absolute Gasteiger partial charge is 0.454 e. The van der Waals surface area contributed by atoms with E-state index in [4.69, 9.17) is 9.47 Å². The van der Waals surface area contributed by atoms with Crippen molar-refractivity contribution in [2.75, 3.05) is 19.9 Å². The minimum atomic E-state index is -3.62. The molecule has 2 aromatic carbocycles. The second-order valence-electron chi connectivity index (χ2n) is 6.55. The van der Waals surface area contributed by atoms with Gasteiger partial charge < -0.3 is 9.47 Å². The summed E-state index contributed by atoms with van der Waals surface area (Å²) in [5, 5.41) is 0. The molecule has 0 aromatic heterocycles. The zero-order valence-corrected chi connectivity index (χ0v) is 15.2. The standard InChI is InChI=1S/C19H19NO5S/c1-13(21)14-3-2-4-17(9-14)26(22,23)20-8-7-16(11-20)15-5-6-18-19(10-15)25-12-24-18/h2-6,9-10,16H,7-8,11-12H2,1H3. The summed E-state index contributed by atoms with van der Waals surface area (Å²) in [7, 11) is -3.62. The molecule has 0 saturated carbocycles. The number of Topliss-reactive ketones (excluding diaryl/α,β-unsaturated/α-hetero) is 1. The third-order valence-corrected chi connectivity index (χ3v) is 6.76. The van der Waals surface area contributed by atoms with Gasteiger partial charge in [-0.1, -0.05) is 18.2 Å². The predicted octanol–water partition coefficient (Wildman–Crippen LogP) is 2.80. The highest BCUT2D eigenvalue weighted by molar-refractivity contribution is 7.89. The first-order valence-electron chi connectivity index (χ1n) is 8.46. The van der Waals surface area contributed by atoms with Crippen molar-refractivity contribution in [2.24, 2.45) is 0 Å². The molecule has 1 saturated heterocycles. The van der Waals surface area contributed by atoms with Crippen LogP contribution in [0.15, 0.2) is 47.4 Å². The van der Waals surface area contributed by atoms with Crippen LogP contribution in [-0.2, 0) is 10.0 Å². The maximum absolute atomic E-state index is 12.9. The summed E-state index contributed by atoms with van der Waals surface area (Å²) in [6.45, 7) is 2.51. The third-order valence-electron chi connectivity index (χ3n) is 4.90. The number of nitrogens with zero attached hydrogens (tertiary/aromatic N) is 1. The number of carbonyl (C=O) groups is 1. The molecule has 1 fully saturated rings. The molecule has 0 amide bonds. The highest BCUT2D eigenvalue weighted by Gasteiger charge is 2.34. The molecule has 0 N–H and O–H groups in total. The maximum atomic E-state index is 12.9. The Morgan fingerprint density at radius 3 is 2.73 bits per heavy atom. The first kappa shape index (κ1) is 17.1. The third kappa shape index (κ3) is 2.97. The van der Waals surface area contributed by atoms with Gasteiger partial charge in [0.2, 0.25) is 16.8 Å². The van der Waals surface area contributed by atoms with E-state index in [1.807, 2.05) is 18.2 Å². The molecule has 0 aliphatic carbocycles. The van der Waals surface area contributed by atoms with E-state index in [9.17, 15) is 13.2 Å². The smallest absolute Gasteiger partial charge is 0.243 e. The second kappa shape index (κ2) is 6.41. The number of benzene rings is 2. The molecule has 6 nitrogen and oxygen atoms in total. The summed E-state index contributed by atoms with van der Waals surface area (Å²) in [6, 6.07) is 12.0. The minimum Gasteiger partial charge on any atom is -0.454 e. The predicted molar refractivity (Wildman–Crippen MR) is 95.1 cm³/mol. The van der Waals surface area contributed by atoms with E-state index < -0.39 is 10.0 Å². The lowest BCUT2D eigenvalue weighted by Gasteiger charge is -2.17. The molecule has 0 radical (unpaired) electrons.